The molecule has 0 saturated carbocycles. The average Bonchev–Trinajstić information content (AvgIpc) is 1.79. The molecule has 1 aliphatic carbocycles. The molecule has 13 heavy (non-hydrogen) atoms. The summed E-state index contributed by atoms with van der Waals surface area (Å²) in [4.78, 5) is 10.4. The highest BCUT2D eigenvalue weighted by Gasteiger charge is 2.47. The van der Waals surface area contributed by atoms with Crippen LogP contribution < -0.4 is 0 Å². The zero-order chi connectivity index (χ0) is 10.3. The van der Waals surface area contributed by atoms with Crippen molar-refractivity contribution in [2.45, 2.75) is 18.0 Å². The van der Waals surface area contributed by atoms with E-state index in [1.54, 1.807) is 0 Å². The Kier molecular flexibility index (Phi) is 2.16. The Morgan fingerprint density at radius 2 is 1.85 bits per heavy atom. The average molecular weight is 190 g/mol. The molecule has 1 atom stereocenters. The molecule has 0 aromatic rings. The summed E-state index contributed by atoms with van der Waals surface area (Å²) in [5.41, 5.74) is 0. The number of carboxylic acid groups (broad SMARTS) is 1. The Balaban J connectivity index is 2.97. The van der Waals surface area contributed by atoms with Crippen molar-refractivity contribution in [3.05, 3.63) is 12.2 Å². The number of carboxylic acids is 1. The molecule has 74 valence electrons. The Hall–Kier alpha value is -0.950. The van der Waals surface area contributed by atoms with E-state index in [0.717, 1.165) is 12.2 Å². The number of aliphatic hydroxyl groups is 4. The van der Waals surface area contributed by atoms with Crippen molar-refractivity contribution in [1.29, 1.82) is 0 Å². The van der Waals surface area contributed by atoms with E-state index in [-0.39, 0.29) is 0 Å². The molecule has 1 rings (SSSR count). The zero-order valence-corrected chi connectivity index (χ0v) is 6.58. The van der Waals surface area contributed by atoms with Gasteiger partial charge >= 0.3 is 5.97 Å². The van der Waals surface area contributed by atoms with Crippen LogP contribution in [-0.2, 0) is 4.79 Å². The number of carbonyl (C=O) groups is 1. The van der Waals surface area contributed by atoms with E-state index in [9.17, 15) is 4.79 Å². The highest BCUT2D eigenvalue weighted by molar-refractivity contribution is 5.73. The Bertz CT molecular complexity index is 254. The monoisotopic (exact) mass is 190 g/mol. The number of hydrogen-bond acceptors (Lipinski definition) is 5. The van der Waals surface area contributed by atoms with Gasteiger partial charge in [0.1, 0.15) is 5.92 Å². The molecule has 0 radical (unpaired) electrons. The first kappa shape index (κ1) is 10.1. The Morgan fingerprint density at radius 3 is 2.23 bits per heavy atom. The summed E-state index contributed by atoms with van der Waals surface area (Å²) >= 11 is 0. The van der Waals surface area contributed by atoms with Crippen molar-refractivity contribution in [2.24, 2.45) is 5.92 Å². The largest absolute Gasteiger partial charge is 0.481 e. The summed E-state index contributed by atoms with van der Waals surface area (Å²) in [5.74, 6) is -7.98. The van der Waals surface area contributed by atoms with Crippen molar-refractivity contribution in [1.82, 2.24) is 0 Å². The smallest absolute Gasteiger partial charge is 0.315 e. The third-order valence-corrected chi connectivity index (χ3v) is 1.84. The molecule has 0 saturated heterocycles. The summed E-state index contributed by atoms with van der Waals surface area (Å²) in [6, 6.07) is 0. The fraction of sp³-hybridized carbons (Fsp3) is 0.571. The predicted octanol–water partition coefficient (Wildman–Crippen LogP) is -1.99. The Morgan fingerprint density at radius 1 is 1.31 bits per heavy atom. The van der Waals surface area contributed by atoms with Crippen molar-refractivity contribution in [2.75, 3.05) is 0 Å². The summed E-state index contributed by atoms with van der Waals surface area (Å²) in [6.07, 6.45) is 0.801. The maximum absolute atomic E-state index is 10.4. The maximum atomic E-state index is 10.4. The van der Waals surface area contributed by atoms with E-state index < -0.39 is 29.9 Å². The molecule has 0 spiro atoms. The minimum atomic E-state index is -2.63. The summed E-state index contributed by atoms with van der Waals surface area (Å²) in [7, 11) is 0. The molecule has 0 fully saturated rings. The molecule has 0 bridgehead atoms. The van der Waals surface area contributed by atoms with E-state index in [2.05, 4.69) is 0 Å². The highest BCUT2D eigenvalue weighted by Crippen LogP contribution is 2.31. The van der Waals surface area contributed by atoms with Crippen molar-refractivity contribution >= 4 is 5.97 Å². The quantitative estimate of drug-likeness (QED) is 0.241. The molecule has 0 aliphatic heterocycles. The molecule has 6 nitrogen and oxygen atoms in total. The van der Waals surface area contributed by atoms with Crippen molar-refractivity contribution in [3.63, 3.8) is 0 Å². The van der Waals surface area contributed by atoms with Crippen molar-refractivity contribution < 1.29 is 30.3 Å². The molecule has 5 N–H and O–H groups in total. The summed E-state index contributed by atoms with van der Waals surface area (Å²) < 4.78 is 0. The van der Waals surface area contributed by atoms with Crippen LogP contribution in [0.2, 0.25) is 0 Å². The predicted molar refractivity (Wildman–Crippen MR) is 39.2 cm³/mol. The molecule has 1 aliphatic rings. The van der Waals surface area contributed by atoms with Crippen molar-refractivity contribution in [3.8, 4) is 0 Å². The molecular weight excluding hydrogens is 180 g/mol. The number of rotatable bonds is 1. The van der Waals surface area contributed by atoms with Gasteiger partial charge in [0.25, 0.3) is 0 Å². The lowest BCUT2D eigenvalue weighted by Crippen LogP contribution is -2.50. The van der Waals surface area contributed by atoms with Gasteiger partial charge in [0.2, 0.25) is 0 Å². The second-order valence-corrected chi connectivity index (χ2v) is 3.11. The van der Waals surface area contributed by atoms with Crippen LogP contribution >= 0.6 is 0 Å². The van der Waals surface area contributed by atoms with Gasteiger partial charge in [-0.2, -0.15) is 0 Å². The van der Waals surface area contributed by atoms with Gasteiger partial charge in [0.15, 0.2) is 11.6 Å². The SMILES string of the molecule is O=C(O)C1C=CC(O)(O)CC1(O)O. The molecule has 1 unspecified atom stereocenters. The second-order valence-electron chi connectivity index (χ2n) is 3.11. The van der Waals surface area contributed by atoms with Gasteiger partial charge < -0.3 is 25.5 Å². The molecule has 0 aromatic heterocycles. The van der Waals surface area contributed by atoms with Crippen LogP contribution in [0, 0.1) is 5.92 Å². The normalized spacial score (nSPS) is 30.0. The van der Waals surface area contributed by atoms with Crippen LogP contribution in [0.15, 0.2) is 12.2 Å². The van der Waals surface area contributed by atoms with Crippen LogP contribution in [-0.4, -0.2) is 43.1 Å². The number of aliphatic carboxylic acids is 1. The minimum absolute atomic E-state index is 0.816. The van der Waals surface area contributed by atoms with Crippen LogP contribution in [0.3, 0.4) is 0 Å². The minimum Gasteiger partial charge on any atom is -0.481 e. The standard InChI is InChI=1S/C7H10O6/c8-5(9)4-1-2-6(10,11)3-7(4,12)13/h1-2,4,10-13H,3H2,(H,8,9). The van der Waals surface area contributed by atoms with Gasteiger partial charge in [-0.25, -0.2) is 0 Å². The summed E-state index contributed by atoms with van der Waals surface area (Å²) in [5, 5.41) is 44.7. The van der Waals surface area contributed by atoms with Gasteiger partial charge in [-0.1, -0.05) is 6.08 Å². The van der Waals surface area contributed by atoms with Gasteiger partial charge in [-0.05, 0) is 6.08 Å². The molecular formula is C7H10O6. The first-order valence-electron chi connectivity index (χ1n) is 3.56. The first-order valence-corrected chi connectivity index (χ1v) is 3.56. The fourth-order valence-corrected chi connectivity index (χ4v) is 1.24. The van der Waals surface area contributed by atoms with E-state index in [0.29, 0.717) is 0 Å². The lowest BCUT2D eigenvalue weighted by molar-refractivity contribution is -0.259. The molecule has 0 amide bonds. The molecule has 0 heterocycles. The van der Waals surface area contributed by atoms with E-state index in [1.807, 2.05) is 0 Å². The second kappa shape index (κ2) is 2.78. The van der Waals surface area contributed by atoms with Crippen LogP contribution in [0.25, 0.3) is 0 Å². The fourth-order valence-electron chi connectivity index (χ4n) is 1.24. The highest BCUT2D eigenvalue weighted by atomic mass is 16.5. The Labute approximate surface area is 73.4 Å². The lowest BCUT2D eigenvalue weighted by atomic mass is 9.86. The zero-order valence-electron chi connectivity index (χ0n) is 6.58. The third kappa shape index (κ3) is 2.04. The molecule has 6 heteroatoms. The van der Waals surface area contributed by atoms with Gasteiger partial charge in [-0.15, -0.1) is 0 Å². The van der Waals surface area contributed by atoms with E-state index in [4.69, 9.17) is 25.5 Å². The molecule has 0 aromatic carbocycles. The van der Waals surface area contributed by atoms with Crippen LogP contribution in [0.1, 0.15) is 6.42 Å². The third-order valence-electron chi connectivity index (χ3n) is 1.84. The van der Waals surface area contributed by atoms with E-state index in [1.165, 1.54) is 0 Å². The summed E-state index contributed by atoms with van der Waals surface area (Å²) in [6.45, 7) is 0. The van der Waals surface area contributed by atoms with Gasteiger partial charge in [0.05, 0.1) is 6.42 Å². The van der Waals surface area contributed by atoms with Gasteiger partial charge in [-0.3, -0.25) is 4.79 Å². The lowest BCUT2D eigenvalue weighted by Gasteiger charge is -2.35. The first-order chi connectivity index (χ1) is 5.75. The van der Waals surface area contributed by atoms with Gasteiger partial charge in [0, 0.05) is 0 Å². The topological polar surface area (TPSA) is 118 Å². The number of hydrogen-bond donors (Lipinski definition) is 5. The van der Waals surface area contributed by atoms with Crippen LogP contribution in [0.4, 0.5) is 0 Å². The van der Waals surface area contributed by atoms with Crippen LogP contribution in [0.5, 0.6) is 0 Å². The maximum Gasteiger partial charge on any atom is 0.315 e. The van der Waals surface area contributed by atoms with E-state index >= 15 is 0 Å².